The molecule has 0 bridgehead atoms. The summed E-state index contributed by atoms with van der Waals surface area (Å²) in [7, 11) is 3.95. The highest BCUT2D eigenvalue weighted by molar-refractivity contribution is 6.30. The molecule has 0 aliphatic carbocycles. The molecule has 7 heteroatoms. The summed E-state index contributed by atoms with van der Waals surface area (Å²) in [6, 6.07) is 12.9. The molecule has 7 nitrogen and oxygen atoms in total. The molecule has 136 valence electrons. The fourth-order valence-electron chi connectivity index (χ4n) is 2.25. The minimum Gasteiger partial charge on any atom is -0.497 e. The molecule has 0 heterocycles. The van der Waals surface area contributed by atoms with Crippen LogP contribution in [0.15, 0.2) is 48.5 Å². The Hall–Kier alpha value is -3.35. The van der Waals surface area contributed by atoms with Crippen molar-refractivity contribution in [1.82, 2.24) is 0 Å². The van der Waals surface area contributed by atoms with E-state index in [0.29, 0.717) is 22.6 Å². The molecule has 2 rings (SSSR count). The topological polar surface area (TPSA) is 88.1 Å². The van der Waals surface area contributed by atoms with Gasteiger partial charge in [-0.3, -0.25) is 4.79 Å². The predicted molar refractivity (Wildman–Crippen MR) is 91.2 cm³/mol. The Morgan fingerprint density at radius 1 is 0.808 bits per heavy atom. The average molecular weight is 358 g/mol. The number of hydrogen-bond donors (Lipinski definition) is 0. The van der Waals surface area contributed by atoms with Crippen molar-refractivity contribution in [2.75, 3.05) is 21.3 Å². The number of rotatable bonds is 6. The Morgan fingerprint density at radius 3 is 1.88 bits per heavy atom. The first-order valence-corrected chi connectivity index (χ1v) is 7.61. The molecule has 1 atom stereocenters. The highest BCUT2D eigenvalue weighted by atomic mass is 16.6. The van der Waals surface area contributed by atoms with Crippen LogP contribution in [0.1, 0.15) is 22.0 Å². The summed E-state index contributed by atoms with van der Waals surface area (Å²) in [6.07, 6.45) is -1.37. The van der Waals surface area contributed by atoms with E-state index in [1.54, 1.807) is 36.4 Å². The van der Waals surface area contributed by atoms with Crippen LogP contribution in [0, 0.1) is 0 Å². The van der Waals surface area contributed by atoms with Crippen molar-refractivity contribution in [1.29, 1.82) is 0 Å². The summed E-state index contributed by atoms with van der Waals surface area (Å²) < 4.78 is 19.8. The second-order valence-corrected chi connectivity index (χ2v) is 5.15. The second kappa shape index (κ2) is 8.66. The van der Waals surface area contributed by atoms with E-state index in [1.165, 1.54) is 26.4 Å². The van der Waals surface area contributed by atoms with Crippen LogP contribution in [0.5, 0.6) is 11.5 Å². The number of hydrogen-bond acceptors (Lipinski definition) is 7. The number of methoxy groups -OCH3 is 3. The van der Waals surface area contributed by atoms with Crippen LogP contribution in [-0.4, -0.2) is 39.1 Å². The van der Waals surface area contributed by atoms with E-state index in [0.717, 1.165) is 7.11 Å². The minimum absolute atomic E-state index is 0.298. The summed E-state index contributed by atoms with van der Waals surface area (Å²) in [5.74, 6) is -2.17. The molecule has 0 spiro atoms. The van der Waals surface area contributed by atoms with Gasteiger partial charge in [0.2, 0.25) is 5.78 Å². The van der Waals surface area contributed by atoms with Gasteiger partial charge in [0.15, 0.2) is 6.10 Å². The SMILES string of the molecule is COC(=O)C(=O)OC(C(=O)c1ccccc1)c1cc(OC)cc(OC)c1. The lowest BCUT2D eigenvalue weighted by Crippen LogP contribution is -2.26. The smallest absolute Gasteiger partial charge is 0.418 e. The molecule has 0 aromatic heterocycles. The molecule has 0 saturated carbocycles. The molecular formula is C19H18O7. The fourth-order valence-corrected chi connectivity index (χ4v) is 2.25. The second-order valence-electron chi connectivity index (χ2n) is 5.15. The van der Waals surface area contributed by atoms with Gasteiger partial charge in [0, 0.05) is 17.2 Å². The first kappa shape index (κ1) is 19.0. The monoisotopic (exact) mass is 358 g/mol. The van der Waals surface area contributed by atoms with Crippen molar-refractivity contribution in [3.63, 3.8) is 0 Å². The van der Waals surface area contributed by atoms with Crippen molar-refractivity contribution in [3.05, 3.63) is 59.7 Å². The number of ether oxygens (including phenoxy) is 4. The zero-order chi connectivity index (χ0) is 19.1. The summed E-state index contributed by atoms with van der Waals surface area (Å²) in [5, 5.41) is 0. The van der Waals surface area contributed by atoms with Gasteiger partial charge in [0.05, 0.1) is 21.3 Å². The summed E-state index contributed by atoms with van der Waals surface area (Å²) in [6.45, 7) is 0. The standard InChI is InChI=1S/C19H18O7/c1-23-14-9-13(10-15(11-14)24-2)17(26-19(22)18(21)25-3)16(20)12-7-5-4-6-8-12/h4-11,17H,1-3H3. The summed E-state index contributed by atoms with van der Waals surface area (Å²) in [4.78, 5) is 36.2. The Labute approximate surface area is 150 Å². The van der Waals surface area contributed by atoms with Gasteiger partial charge in [0.1, 0.15) is 11.5 Å². The van der Waals surface area contributed by atoms with Crippen LogP contribution in [0.4, 0.5) is 0 Å². The van der Waals surface area contributed by atoms with Gasteiger partial charge in [-0.15, -0.1) is 0 Å². The van der Waals surface area contributed by atoms with Crippen molar-refractivity contribution in [2.45, 2.75) is 6.10 Å². The molecule has 2 aromatic rings. The Kier molecular flexibility index (Phi) is 6.32. The van der Waals surface area contributed by atoms with E-state index in [9.17, 15) is 14.4 Å². The highest BCUT2D eigenvalue weighted by Gasteiger charge is 2.30. The van der Waals surface area contributed by atoms with Gasteiger partial charge < -0.3 is 18.9 Å². The van der Waals surface area contributed by atoms with Gasteiger partial charge in [-0.05, 0) is 12.1 Å². The number of carbonyl (C=O) groups is 3. The molecular weight excluding hydrogens is 340 g/mol. The Bertz CT molecular complexity index is 777. The predicted octanol–water partition coefficient (Wildman–Crippen LogP) is 2.34. The maximum atomic E-state index is 12.9. The number of Topliss-reactive ketones (excluding diaryl/α,β-unsaturated/α-hetero) is 1. The molecule has 0 aliphatic rings. The molecule has 0 fully saturated rings. The largest absolute Gasteiger partial charge is 0.497 e. The quantitative estimate of drug-likeness (QED) is 0.445. The average Bonchev–Trinajstić information content (AvgIpc) is 2.70. The number of esters is 2. The van der Waals surface area contributed by atoms with E-state index in [-0.39, 0.29) is 0 Å². The van der Waals surface area contributed by atoms with E-state index >= 15 is 0 Å². The zero-order valence-electron chi connectivity index (χ0n) is 14.6. The number of ketones is 1. The van der Waals surface area contributed by atoms with Gasteiger partial charge >= 0.3 is 11.9 Å². The van der Waals surface area contributed by atoms with Crippen LogP contribution in [0.25, 0.3) is 0 Å². The number of benzene rings is 2. The number of carbonyl (C=O) groups excluding carboxylic acids is 3. The molecule has 0 amide bonds. The minimum atomic E-state index is -1.37. The van der Waals surface area contributed by atoms with E-state index in [2.05, 4.69) is 4.74 Å². The van der Waals surface area contributed by atoms with Crippen LogP contribution in [0.2, 0.25) is 0 Å². The molecule has 0 N–H and O–H groups in total. The van der Waals surface area contributed by atoms with Gasteiger partial charge in [0.25, 0.3) is 0 Å². The lowest BCUT2D eigenvalue weighted by atomic mass is 9.99. The molecule has 1 unspecified atom stereocenters. The molecule has 26 heavy (non-hydrogen) atoms. The van der Waals surface area contributed by atoms with Gasteiger partial charge in [-0.25, -0.2) is 9.59 Å². The lowest BCUT2D eigenvalue weighted by molar-refractivity contribution is -0.168. The molecule has 0 radical (unpaired) electrons. The van der Waals surface area contributed by atoms with Crippen LogP contribution < -0.4 is 9.47 Å². The lowest BCUT2D eigenvalue weighted by Gasteiger charge is -2.18. The summed E-state index contributed by atoms with van der Waals surface area (Å²) in [5.41, 5.74) is 0.615. The fraction of sp³-hybridized carbons (Fsp3) is 0.211. The van der Waals surface area contributed by atoms with E-state index in [1.807, 2.05) is 0 Å². The van der Waals surface area contributed by atoms with Crippen molar-refractivity contribution in [3.8, 4) is 11.5 Å². The maximum Gasteiger partial charge on any atom is 0.418 e. The summed E-state index contributed by atoms with van der Waals surface area (Å²) >= 11 is 0. The third kappa shape index (κ3) is 4.38. The highest BCUT2D eigenvalue weighted by Crippen LogP contribution is 2.30. The third-order valence-electron chi connectivity index (χ3n) is 3.55. The van der Waals surface area contributed by atoms with Crippen LogP contribution in [-0.2, 0) is 19.1 Å². The zero-order valence-corrected chi connectivity index (χ0v) is 14.6. The van der Waals surface area contributed by atoms with Crippen LogP contribution in [0.3, 0.4) is 0 Å². The Balaban J connectivity index is 2.48. The van der Waals surface area contributed by atoms with E-state index in [4.69, 9.17) is 14.2 Å². The Morgan fingerprint density at radius 2 is 1.38 bits per heavy atom. The maximum absolute atomic E-state index is 12.9. The van der Waals surface area contributed by atoms with Crippen molar-refractivity contribution in [2.24, 2.45) is 0 Å². The molecule has 0 saturated heterocycles. The molecule has 2 aromatic carbocycles. The normalized spacial score (nSPS) is 11.2. The van der Waals surface area contributed by atoms with Crippen LogP contribution >= 0.6 is 0 Å². The first-order chi connectivity index (χ1) is 12.5. The first-order valence-electron chi connectivity index (χ1n) is 7.61. The van der Waals surface area contributed by atoms with Gasteiger partial charge in [-0.1, -0.05) is 30.3 Å². The van der Waals surface area contributed by atoms with Crippen molar-refractivity contribution < 1.29 is 33.3 Å². The van der Waals surface area contributed by atoms with E-state index < -0.39 is 23.8 Å². The van der Waals surface area contributed by atoms with Crippen molar-refractivity contribution >= 4 is 17.7 Å². The third-order valence-corrected chi connectivity index (χ3v) is 3.55. The van der Waals surface area contributed by atoms with Gasteiger partial charge in [-0.2, -0.15) is 0 Å². The molecule has 0 aliphatic heterocycles.